The third-order valence-electron chi connectivity index (χ3n) is 12.8. The molecule has 3 saturated heterocycles. The maximum atomic E-state index is 13.5. The number of nitrogens with one attached hydrogen (secondary N) is 3. The van der Waals surface area contributed by atoms with Gasteiger partial charge in [-0.25, -0.2) is 23.4 Å². The first-order valence-corrected chi connectivity index (χ1v) is 23.3. The van der Waals surface area contributed by atoms with Gasteiger partial charge in [-0.15, -0.1) is 0 Å². The Kier molecular flexibility index (Phi) is 10.4. The highest BCUT2D eigenvalue weighted by molar-refractivity contribution is 7.90. The summed E-state index contributed by atoms with van der Waals surface area (Å²) in [6.45, 7) is 8.46. The van der Waals surface area contributed by atoms with E-state index in [4.69, 9.17) is 10.1 Å². The lowest BCUT2D eigenvalue weighted by atomic mass is 9.95. The Morgan fingerprint density at radius 2 is 1.68 bits per heavy atom. The molecule has 4 aromatic heterocycles. The molecular formula is C43H49N13O6S. The van der Waals surface area contributed by atoms with Crippen molar-refractivity contribution in [1.29, 1.82) is 0 Å². The number of imide groups is 2. The third-order valence-corrected chi connectivity index (χ3v) is 14.9. The van der Waals surface area contributed by atoms with Crippen LogP contribution in [0.3, 0.4) is 0 Å². The van der Waals surface area contributed by atoms with E-state index in [0.717, 1.165) is 89.8 Å². The average molecular weight is 876 g/mol. The molecule has 8 heterocycles. The standard InChI is InChI=1S/C43H49N13O6S/c1-25(2)56-35-19-37(48-36-11-14-44-39(49-36)27-21-47-54(23-27)63(61,62)30-6-7-30)46-22-33(35)40(51-56)52-16-12-26(13-17-52)20-45-28-4-3-15-53(24-28)29-5-8-31-32(18-29)43(60)55(42(31)59)34-9-10-38(57)50-41(34)58/h5,8,11,14,18-19,21-23,25-26,28,30,34,45H,3-4,6-7,9-10,12-13,15-17,20,24H2,1-2H3,(H,50,57,58)(H,44,46,48,49)/t28-,34?/m1/s1. The van der Waals surface area contributed by atoms with E-state index in [1.54, 1.807) is 24.4 Å². The molecule has 3 N–H and O–H groups in total. The molecule has 10 rings (SSSR count). The van der Waals surface area contributed by atoms with Gasteiger partial charge in [0.25, 0.3) is 21.8 Å². The Morgan fingerprint density at radius 1 is 0.873 bits per heavy atom. The lowest BCUT2D eigenvalue weighted by Gasteiger charge is -2.37. The highest BCUT2D eigenvalue weighted by atomic mass is 32.2. The third kappa shape index (κ3) is 7.78. The van der Waals surface area contributed by atoms with Crippen LogP contribution in [0, 0.1) is 5.92 Å². The molecule has 328 valence electrons. The maximum absolute atomic E-state index is 13.5. The van der Waals surface area contributed by atoms with Gasteiger partial charge in [0.1, 0.15) is 17.7 Å². The van der Waals surface area contributed by atoms with Gasteiger partial charge in [-0.3, -0.25) is 34.1 Å². The van der Waals surface area contributed by atoms with E-state index in [-0.39, 0.29) is 35.7 Å². The van der Waals surface area contributed by atoms with Crippen LogP contribution in [-0.4, -0.2) is 121 Å². The first-order chi connectivity index (χ1) is 30.4. The molecule has 2 atom stereocenters. The molecule has 63 heavy (non-hydrogen) atoms. The van der Waals surface area contributed by atoms with Crippen molar-refractivity contribution in [2.24, 2.45) is 5.92 Å². The van der Waals surface area contributed by atoms with Crippen LogP contribution in [0.1, 0.15) is 92.0 Å². The minimum Gasteiger partial charge on any atom is -0.370 e. The first kappa shape index (κ1) is 40.8. The predicted molar refractivity (Wildman–Crippen MR) is 233 cm³/mol. The van der Waals surface area contributed by atoms with Crippen molar-refractivity contribution in [1.82, 2.24) is 49.5 Å². The van der Waals surface area contributed by atoms with E-state index in [1.807, 2.05) is 23.0 Å². The van der Waals surface area contributed by atoms with Crippen LogP contribution in [-0.2, 0) is 19.6 Å². The van der Waals surface area contributed by atoms with Gasteiger partial charge in [-0.05, 0) is 95.5 Å². The summed E-state index contributed by atoms with van der Waals surface area (Å²) in [5, 5.41) is 19.2. The average Bonchev–Trinajstić information content (AvgIpc) is 3.83. The fourth-order valence-corrected chi connectivity index (χ4v) is 10.7. The Bertz CT molecular complexity index is 2760. The highest BCUT2D eigenvalue weighted by Gasteiger charge is 2.45. The van der Waals surface area contributed by atoms with Gasteiger partial charge >= 0.3 is 0 Å². The molecule has 5 aromatic rings. The van der Waals surface area contributed by atoms with Crippen molar-refractivity contribution in [2.45, 2.75) is 88.6 Å². The predicted octanol–water partition coefficient (Wildman–Crippen LogP) is 3.63. The summed E-state index contributed by atoms with van der Waals surface area (Å²) >= 11 is 0. The molecule has 1 aliphatic carbocycles. The van der Waals surface area contributed by atoms with Gasteiger partial charge in [0.2, 0.25) is 11.8 Å². The number of anilines is 4. The van der Waals surface area contributed by atoms with Gasteiger partial charge in [-0.2, -0.15) is 14.3 Å². The van der Waals surface area contributed by atoms with Crippen molar-refractivity contribution in [3.63, 3.8) is 0 Å². The Hall–Kier alpha value is -6.28. The van der Waals surface area contributed by atoms with Gasteiger partial charge in [0, 0.05) is 68.8 Å². The smallest absolute Gasteiger partial charge is 0.262 e. The molecule has 20 heteroatoms. The Balaban J connectivity index is 0.752. The number of nitrogens with zero attached hydrogens (tertiary/aromatic N) is 10. The molecule has 5 aliphatic rings. The molecule has 0 bridgehead atoms. The lowest BCUT2D eigenvalue weighted by Crippen LogP contribution is -2.54. The number of benzene rings is 1. The van der Waals surface area contributed by atoms with Crippen molar-refractivity contribution in [2.75, 3.05) is 47.8 Å². The number of carbonyl (C=O) groups is 4. The zero-order valence-electron chi connectivity index (χ0n) is 35.1. The number of pyridine rings is 1. The topological polar surface area (TPSA) is 223 Å². The van der Waals surface area contributed by atoms with Crippen LogP contribution in [0.25, 0.3) is 22.3 Å². The molecule has 0 spiro atoms. The molecule has 1 aromatic carbocycles. The van der Waals surface area contributed by atoms with Crippen molar-refractivity contribution < 1.29 is 27.6 Å². The highest BCUT2D eigenvalue weighted by Crippen LogP contribution is 2.35. The molecule has 1 saturated carbocycles. The fraction of sp³-hybridized carbons (Fsp3) is 0.465. The van der Waals surface area contributed by atoms with Crippen molar-refractivity contribution >= 4 is 67.7 Å². The van der Waals surface area contributed by atoms with Gasteiger partial charge < -0.3 is 20.4 Å². The lowest BCUT2D eigenvalue weighted by molar-refractivity contribution is -0.136. The van der Waals surface area contributed by atoms with Crippen LogP contribution in [0.2, 0.25) is 0 Å². The van der Waals surface area contributed by atoms with E-state index < -0.39 is 39.7 Å². The van der Waals surface area contributed by atoms with Gasteiger partial charge in [0.05, 0.1) is 45.2 Å². The fourth-order valence-electron chi connectivity index (χ4n) is 9.20. The van der Waals surface area contributed by atoms with Gasteiger partial charge in [-0.1, -0.05) is 0 Å². The zero-order chi connectivity index (χ0) is 43.6. The normalized spacial score (nSPS) is 21.2. The van der Waals surface area contributed by atoms with Crippen LogP contribution in [0.15, 0.2) is 55.1 Å². The molecule has 4 fully saturated rings. The quantitative estimate of drug-likeness (QED) is 0.152. The summed E-state index contributed by atoms with van der Waals surface area (Å²) in [5.74, 6) is 0.874. The zero-order valence-corrected chi connectivity index (χ0v) is 35.9. The van der Waals surface area contributed by atoms with Crippen LogP contribution in [0.4, 0.5) is 23.1 Å². The Morgan fingerprint density at radius 3 is 2.46 bits per heavy atom. The molecule has 4 amide bonds. The van der Waals surface area contributed by atoms with E-state index in [1.165, 1.54) is 12.4 Å². The second kappa shape index (κ2) is 16.1. The number of aromatic nitrogens is 7. The van der Waals surface area contributed by atoms with E-state index in [9.17, 15) is 27.6 Å². The first-order valence-electron chi connectivity index (χ1n) is 21.8. The minimum atomic E-state index is -3.50. The summed E-state index contributed by atoms with van der Waals surface area (Å²) < 4.78 is 28.4. The number of hydrogen-bond acceptors (Lipinski definition) is 15. The van der Waals surface area contributed by atoms with Crippen molar-refractivity contribution in [3.05, 3.63) is 66.2 Å². The summed E-state index contributed by atoms with van der Waals surface area (Å²) in [7, 11) is -3.50. The summed E-state index contributed by atoms with van der Waals surface area (Å²) in [4.78, 5) is 70.2. The molecule has 0 radical (unpaired) electrons. The van der Waals surface area contributed by atoms with E-state index in [0.29, 0.717) is 47.3 Å². The van der Waals surface area contributed by atoms with Gasteiger partial charge in [0.15, 0.2) is 11.6 Å². The van der Waals surface area contributed by atoms with Crippen LogP contribution in [0.5, 0.6) is 0 Å². The molecule has 19 nitrogen and oxygen atoms in total. The number of fused-ring (bicyclic) bond motifs is 2. The van der Waals surface area contributed by atoms with Crippen molar-refractivity contribution in [3.8, 4) is 11.4 Å². The Labute approximate surface area is 363 Å². The minimum absolute atomic E-state index is 0.0838. The number of amides is 4. The summed E-state index contributed by atoms with van der Waals surface area (Å²) in [5.41, 5.74) is 2.91. The van der Waals surface area contributed by atoms with Crippen LogP contribution >= 0.6 is 0 Å². The summed E-state index contributed by atoms with van der Waals surface area (Å²) in [6, 6.07) is 8.45. The van der Waals surface area contributed by atoms with E-state index >= 15 is 0 Å². The van der Waals surface area contributed by atoms with Crippen LogP contribution < -0.4 is 25.8 Å². The van der Waals surface area contributed by atoms with E-state index in [2.05, 4.69) is 54.7 Å². The second-order valence-electron chi connectivity index (χ2n) is 17.5. The number of carbonyl (C=O) groups excluding carboxylic acids is 4. The number of rotatable bonds is 12. The molecule has 4 aliphatic heterocycles. The molecular weight excluding hydrogens is 827 g/mol. The largest absolute Gasteiger partial charge is 0.370 e. The SMILES string of the molecule is CC(C)n1nc(N2CCC(CN[C@@H]3CCCN(c4ccc5c(c4)C(=O)N(C4CCC(=O)NC4=O)C5=O)C3)CC2)c2cnc(Nc3ccnc(-c4cnn(S(=O)(=O)C5CC5)c4)n3)cc21. The second-order valence-corrected chi connectivity index (χ2v) is 19.6. The molecule has 1 unspecified atom stereocenters. The number of hydrogen-bond donors (Lipinski definition) is 3. The number of piperidine rings is 3. The monoisotopic (exact) mass is 875 g/mol. The maximum Gasteiger partial charge on any atom is 0.262 e. The summed E-state index contributed by atoms with van der Waals surface area (Å²) in [6.07, 6.45) is 12.0.